The molecule has 1 aromatic heterocycles. The Morgan fingerprint density at radius 2 is 2.36 bits per heavy atom. The highest BCUT2D eigenvalue weighted by atomic mass is 16.5. The SMILES string of the molecule is COc1ccc(CNC[C@H]2CCO[C@@H]2c2cn[nH]c2)cc1C. The van der Waals surface area contributed by atoms with Crippen LogP contribution in [0.5, 0.6) is 5.75 Å². The first kappa shape index (κ1) is 15.1. The van der Waals surface area contributed by atoms with Crippen LogP contribution in [0.3, 0.4) is 0 Å². The van der Waals surface area contributed by atoms with E-state index < -0.39 is 0 Å². The first-order chi connectivity index (χ1) is 10.8. The lowest BCUT2D eigenvalue weighted by molar-refractivity contribution is 0.0905. The van der Waals surface area contributed by atoms with Crippen molar-refractivity contribution >= 4 is 0 Å². The van der Waals surface area contributed by atoms with E-state index in [-0.39, 0.29) is 6.10 Å². The van der Waals surface area contributed by atoms with Gasteiger partial charge in [-0.3, -0.25) is 5.10 Å². The van der Waals surface area contributed by atoms with Crippen molar-refractivity contribution in [3.8, 4) is 5.75 Å². The van der Waals surface area contributed by atoms with Gasteiger partial charge in [-0.05, 0) is 30.5 Å². The van der Waals surface area contributed by atoms with E-state index in [1.165, 1.54) is 11.1 Å². The molecule has 0 radical (unpaired) electrons. The Morgan fingerprint density at radius 1 is 1.45 bits per heavy atom. The minimum Gasteiger partial charge on any atom is -0.496 e. The summed E-state index contributed by atoms with van der Waals surface area (Å²) in [6, 6.07) is 6.31. The molecule has 0 unspecified atom stereocenters. The van der Waals surface area contributed by atoms with Gasteiger partial charge in [-0.25, -0.2) is 0 Å². The van der Waals surface area contributed by atoms with Crippen molar-refractivity contribution in [1.29, 1.82) is 0 Å². The molecule has 1 aliphatic heterocycles. The van der Waals surface area contributed by atoms with Crippen LogP contribution in [0.15, 0.2) is 30.6 Å². The molecule has 2 heterocycles. The summed E-state index contributed by atoms with van der Waals surface area (Å²) in [6.45, 7) is 4.70. The van der Waals surface area contributed by atoms with E-state index in [1.807, 2.05) is 18.5 Å². The fourth-order valence-corrected chi connectivity index (χ4v) is 3.08. The van der Waals surface area contributed by atoms with Gasteiger partial charge >= 0.3 is 0 Å². The van der Waals surface area contributed by atoms with E-state index in [4.69, 9.17) is 9.47 Å². The number of hydrogen-bond donors (Lipinski definition) is 2. The zero-order chi connectivity index (χ0) is 15.4. The number of nitrogens with zero attached hydrogens (tertiary/aromatic N) is 1. The van der Waals surface area contributed by atoms with Crippen LogP contribution in [0.4, 0.5) is 0 Å². The van der Waals surface area contributed by atoms with Crippen LogP contribution in [0.25, 0.3) is 0 Å². The van der Waals surface area contributed by atoms with E-state index >= 15 is 0 Å². The molecule has 0 amide bonds. The molecule has 3 rings (SSSR count). The van der Waals surface area contributed by atoms with Crippen molar-refractivity contribution < 1.29 is 9.47 Å². The van der Waals surface area contributed by atoms with Gasteiger partial charge in [0.25, 0.3) is 0 Å². The first-order valence-electron chi connectivity index (χ1n) is 7.72. The molecule has 1 fully saturated rings. The van der Waals surface area contributed by atoms with Crippen molar-refractivity contribution in [2.45, 2.75) is 26.0 Å². The number of benzene rings is 1. The lowest BCUT2D eigenvalue weighted by Gasteiger charge is -2.18. The summed E-state index contributed by atoms with van der Waals surface area (Å²) in [5.74, 6) is 1.44. The van der Waals surface area contributed by atoms with Crippen LogP contribution in [-0.4, -0.2) is 30.5 Å². The van der Waals surface area contributed by atoms with Gasteiger partial charge < -0.3 is 14.8 Å². The van der Waals surface area contributed by atoms with Crippen molar-refractivity contribution in [3.63, 3.8) is 0 Å². The Kier molecular flexibility index (Phi) is 4.75. The molecule has 1 saturated heterocycles. The summed E-state index contributed by atoms with van der Waals surface area (Å²) in [5, 5.41) is 10.4. The summed E-state index contributed by atoms with van der Waals surface area (Å²) >= 11 is 0. The van der Waals surface area contributed by atoms with Gasteiger partial charge in [0.05, 0.1) is 19.4 Å². The smallest absolute Gasteiger partial charge is 0.121 e. The number of hydrogen-bond acceptors (Lipinski definition) is 4. The highest BCUT2D eigenvalue weighted by Crippen LogP contribution is 2.33. The zero-order valence-corrected chi connectivity index (χ0v) is 13.1. The number of H-pyrrole nitrogens is 1. The molecule has 0 bridgehead atoms. The predicted octanol–water partition coefficient (Wildman–Crippen LogP) is 2.59. The molecular formula is C17H23N3O2. The number of rotatable bonds is 6. The monoisotopic (exact) mass is 301 g/mol. The highest BCUT2D eigenvalue weighted by Gasteiger charge is 2.29. The third kappa shape index (κ3) is 3.31. The summed E-state index contributed by atoms with van der Waals surface area (Å²) in [5.41, 5.74) is 3.59. The Bertz CT molecular complexity index is 598. The minimum atomic E-state index is 0.156. The van der Waals surface area contributed by atoms with Gasteiger partial charge in [-0.15, -0.1) is 0 Å². The average molecular weight is 301 g/mol. The summed E-state index contributed by atoms with van der Waals surface area (Å²) in [6.07, 6.45) is 5.03. The van der Waals surface area contributed by atoms with Crippen molar-refractivity contribution in [1.82, 2.24) is 15.5 Å². The lowest BCUT2D eigenvalue weighted by Crippen LogP contribution is -2.24. The second kappa shape index (κ2) is 6.94. The maximum absolute atomic E-state index is 5.85. The number of nitrogens with one attached hydrogen (secondary N) is 2. The second-order valence-corrected chi connectivity index (χ2v) is 5.81. The fraction of sp³-hybridized carbons (Fsp3) is 0.471. The van der Waals surface area contributed by atoms with E-state index in [1.54, 1.807) is 7.11 Å². The molecule has 0 saturated carbocycles. The molecule has 22 heavy (non-hydrogen) atoms. The predicted molar refractivity (Wildman–Crippen MR) is 84.8 cm³/mol. The van der Waals surface area contributed by atoms with Crippen LogP contribution < -0.4 is 10.1 Å². The van der Waals surface area contributed by atoms with E-state index in [9.17, 15) is 0 Å². The molecule has 0 aliphatic carbocycles. The number of aryl methyl sites for hydroxylation is 1. The Balaban J connectivity index is 1.53. The maximum Gasteiger partial charge on any atom is 0.121 e. The molecule has 0 spiro atoms. The van der Waals surface area contributed by atoms with Crippen molar-refractivity contribution in [2.24, 2.45) is 5.92 Å². The number of ether oxygens (including phenoxy) is 2. The van der Waals surface area contributed by atoms with E-state index in [0.29, 0.717) is 5.92 Å². The Hall–Kier alpha value is -1.85. The first-order valence-corrected chi connectivity index (χ1v) is 7.72. The molecule has 1 aromatic carbocycles. The van der Waals surface area contributed by atoms with Crippen LogP contribution in [0, 0.1) is 12.8 Å². The van der Waals surface area contributed by atoms with E-state index in [0.717, 1.165) is 37.4 Å². The largest absolute Gasteiger partial charge is 0.496 e. The lowest BCUT2D eigenvalue weighted by atomic mass is 9.97. The van der Waals surface area contributed by atoms with Crippen molar-refractivity contribution in [3.05, 3.63) is 47.3 Å². The summed E-state index contributed by atoms with van der Waals surface area (Å²) < 4.78 is 11.1. The number of aromatic nitrogens is 2. The maximum atomic E-state index is 5.85. The van der Waals surface area contributed by atoms with Crippen LogP contribution in [0.1, 0.15) is 29.2 Å². The van der Waals surface area contributed by atoms with Gasteiger partial charge in [0, 0.05) is 37.4 Å². The third-order valence-corrected chi connectivity index (χ3v) is 4.26. The standard InChI is InChI=1S/C17H23N3O2/c1-12-7-13(3-4-16(12)21-2)8-18-9-14-5-6-22-17(14)15-10-19-20-11-15/h3-4,7,10-11,14,17-18H,5-6,8-9H2,1-2H3,(H,19,20)/t14-,17+/m1/s1. The van der Waals surface area contributed by atoms with Gasteiger partial charge in [0.2, 0.25) is 0 Å². The van der Waals surface area contributed by atoms with Crippen LogP contribution in [0.2, 0.25) is 0 Å². The van der Waals surface area contributed by atoms with Gasteiger partial charge in [0.15, 0.2) is 0 Å². The Morgan fingerprint density at radius 3 is 3.09 bits per heavy atom. The Labute approximate surface area is 131 Å². The average Bonchev–Trinajstić information content (AvgIpc) is 3.18. The molecule has 5 heteroatoms. The third-order valence-electron chi connectivity index (χ3n) is 4.26. The quantitative estimate of drug-likeness (QED) is 0.861. The van der Waals surface area contributed by atoms with Crippen molar-refractivity contribution in [2.75, 3.05) is 20.3 Å². The normalized spacial score (nSPS) is 21.2. The molecule has 2 aromatic rings. The topological polar surface area (TPSA) is 59.2 Å². The molecule has 5 nitrogen and oxygen atoms in total. The minimum absolute atomic E-state index is 0.156. The highest BCUT2D eigenvalue weighted by molar-refractivity contribution is 5.36. The summed E-state index contributed by atoms with van der Waals surface area (Å²) in [7, 11) is 1.70. The van der Waals surface area contributed by atoms with Gasteiger partial charge in [-0.2, -0.15) is 5.10 Å². The summed E-state index contributed by atoms with van der Waals surface area (Å²) in [4.78, 5) is 0. The van der Waals surface area contributed by atoms with Gasteiger partial charge in [0.1, 0.15) is 5.75 Å². The van der Waals surface area contributed by atoms with Crippen LogP contribution >= 0.6 is 0 Å². The van der Waals surface area contributed by atoms with Crippen LogP contribution in [-0.2, 0) is 11.3 Å². The second-order valence-electron chi connectivity index (χ2n) is 5.81. The number of aromatic amines is 1. The van der Waals surface area contributed by atoms with Gasteiger partial charge in [-0.1, -0.05) is 12.1 Å². The fourth-order valence-electron chi connectivity index (χ4n) is 3.08. The molecular weight excluding hydrogens is 278 g/mol. The molecule has 1 aliphatic rings. The zero-order valence-electron chi connectivity index (χ0n) is 13.1. The van der Waals surface area contributed by atoms with E-state index in [2.05, 4.69) is 34.6 Å². The molecule has 2 N–H and O–H groups in total. The number of methoxy groups -OCH3 is 1. The molecule has 2 atom stereocenters. The molecule has 118 valence electrons.